The molecule has 0 atom stereocenters. The lowest BCUT2D eigenvalue weighted by Gasteiger charge is -2.15. The van der Waals surface area contributed by atoms with Crippen LogP contribution < -0.4 is 9.47 Å². The van der Waals surface area contributed by atoms with E-state index in [1.54, 1.807) is 14.2 Å². The number of fused-ring (bicyclic) bond motifs is 1. The normalized spacial score (nSPS) is 14.0. The summed E-state index contributed by atoms with van der Waals surface area (Å²) in [5.41, 5.74) is 1.67. The molecule has 112 valence electrons. The summed E-state index contributed by atoms with van der Waals surface area (Å²) >= 11 is 0. The summed E-state index contributed by atoms with van der Waals surface area (Å²) in [4.78, 5) is 11.3. The molecular weight excluding hydrogens is 280 g/mol. The molecule has 4 nitrogen and oxygen atoms in total. The Morgan fingerprint density at radius 1 is 1.14 bits per heavy atom. The summed E-state index contributed by atoms with van der Waals surface area (Å²) in [7, 11) is 3.27. The van der Waals surface area contributed by atoms with Gasteiger partial charge in [-0.25, -0.2) is 4.79 Å². The minimum atomic E-state index is -0.383. The van der Waals surface area contributed by atoms with Crippen LogP contribution in [-0.2, 0) is 16.0 Å². The number of cyclic esters (lactones) is 1. The van der Waals surface area contributed by atoms with Crippen LogP contribution >= 0.6 is 0 Å². The Labute approximate surface area is 128 Å². The molecule has 0 amide bonds. The standard InChI is InChI=1S/C18H16O4/c1-11-12(10-17(19)22-11)8-13-9-16(20-2)14-6-4-5-7-15(14)18(13)21-3/h4-7,9-10H,1,8H2,2-3H3. The van der Waals surface area contributed by atoms with Crippen LogP contribution in [0.1, 0.15) is 5.56 Å². The number of benzene rings is 2. The van der Waals surface area contributed by atoms with E-state index >= 15 is 0 Å². The van der Waals surface area contributed by atoms with Crippen LogP contribution in [0.25, 0.3) is 10.8 Å². The van der Waals surface area contributed by atoms with E-state index in [4.69, 9.17) is 14.2 Å². The van der Waals surface area contributed by atoms with Crippen molar-refractivity contribution >= 4 is 16.7 Å². The van der Waals surface area contributed by atoms with Crippen LogP contribution in [0.4, 0.5) is 0 Å². The molecule has 0 fully saturated rings. The van der Waals surface area contributed by atoms with Gasteiger partial charge in [0, 0.05) is 34.4 Å². The summed E-state index contributed by atoms with van der Waals surface area (Å²) in [6.45, 7) is 3.76. The average Bonchev–Trinajstić information content (AvgIpc) is 2.84. The molecule has 1 aliphatic heterocycles. The van der Waals surface area contributed by atoms with Crippen molar-refractivity contribution in [2.24, 2.45) is 0 Å². The van der Waals surface area contributed by atoms with Gasteiger partial charge in [0.1, 0.15) is 17.3 Å². The molecular formula is C18H16O4. The van der Waals surface area contributed by atoms with Crippen LogP contribution in [0.2, 0.25) is 0 Å². The summed E-state index contributed by atoms with van der Waals surface area (Å²) in [5, 5.41) is 1.95. The number of esters is 1. The second-order valence-electron chi connectivity index (χ2n) is 5.01. The quantitative estimate of drug-likeness (QED) is 0.811. The molecule has 0 bridgehead atoms. The van der Waals surface area contributed by atoms with Crippen molar-refractivity contribution in [1.82, 2.24) is 0 Å². The van der Waals surface area contributed by atoms with E-state index in [-0.39, 0.29) is 5.97 Å². The average molecular weight is 296 g/mol. The van der Waals surface area contributed by atoms with Gasteiger partial charge in [-0.05, 0) is 6.07 Å². The van der Waals surface area contributed by atoms with Crippen molar-refractivity contribution in [2.75, 3.05) is 14.2 Å². The lowest BCUT2D eigenvalue weighted by molar-refractivity contribution is -0.132. The third kappa shape index (κ3) is 2.33. The van der Waals surface area contributed by atoms with Gasteiger partial charge in [0.2, 0.25) is 0 Å². The minimum Gasteiger partial charge on any atom is -0.496 e. The second-order valence-corrected chi connectivity index (χ2v) is 5.01. The molecule has 0 N–H and O–H groups in total. The van der Waals surface area contributed by atoms with Crippen molar-refractivity contribution in [3.63, 3.8) is 0 Å². The number of carbonyl (C=O) groups is 1. The smallest absolute Gasteiger partial charge is 0.336 e. The fraction of sp³-hybridized carbons (Fsp3) is 0.167. The van der Waals surface area contributed by atoms with Crippen molar-refractivity contribution in [3.05, 3.63) is 59.9 Å². The molecule has 1 heterocycles. The topological polar surface area (TPSA) is 44.8 Å². The molecule has 0 saturated heterocycles. The van der Waals surface area contributed by atoms with Crippen LogP contribution in [0, 0.1) is 0 Å². The highest BCUT2D eigenvalue weighted by Crippen LogP contribution is 2.38. The Hall–Kier alpha value is -2.75. The summed E-state index contributed by atoms with van der Waals surface area (Å²) in [6, 6.07) is 9.81. The van der Waals surface area contributed by atoms with Crippen LogP contribution in [0.3, 0.4) is 0 Å². The van der Waals surface area contributed by atoms with E-state index < -0.39 is 0 Å². The zero-order chi connectivity index (χ0) is 15.7. The maximum absolute atomic E-state index is 11.3. The number of hydrogen-bond donors (Lipinski definition) is 0. The zero-order valence-electron chi connectivity index (χ0n) is 12.5. The molecule has 0 unspecified atom stereocenters. The SMILES string of the molecule is C=C1OC(=O)C=C1Cc1cc(OC)c2ccccc2c1OC. The van der Waals surface area contributed by atoms with E-state index in [0.717, 1.165) is 33.4 Å². The fourth-order valence-corrected chi connectivity index (χ4v) is 2.71. The molecule has 22 heavy (non-hydrogen) atoms. The van der Waals surface area contributed by atoms with Crippen molar-refractivity contribution in [3.8, 4) is 11.5 Å². The molecule has 0 spiro atoms. The highest BCUT2D eigenvalue weighted by molar-refractivity contribution is 5.95. The van der Waals surface area contributed by atoms with Gasteiger partial charge in [-0.3, -0.25) is 0 Å². The molecule has 3 rings (SSSR count). The van der Waals surface area contributed by atoms with Gasteiger partial charge >= 0.3 is 5.97 Å². The molecule has 0 aliphatic carbocycles. The Kier molecular flexibility index (Phi) is 3.59. The molecule has 0 saturated carbocycles. The number of allylic oxidation sites excluding steroid dienone is 1. The summed E-state index contributed by atoms with van der Waals surface area (Å²) in [5.74, 6) is 1.54. The van der Waals surface area contributed by atoms with Gasteiger partial charge in [0.25, 0.3) is 0 Å². The van der Waals surface area contributed by atoms with Gasteiger partial charge in [0.15, 0.2) is 0 Å². The lowest BCUT2D eigenvalue weighted by atomic mass is 9.98. The maximum atomic E-state index is 11.3. The fourth-order valence-electron chi connectivity index (χ4n) is 2.71. The highest BCUT2D eigenvalue weighted by Gasteiger charge is 2.21. The maximum Gasteiger partial charge on any atom is 0.336 e. The first-order chi connectivity index (χ1) is 10.6. The van der Waals surface area contributed by atoms with E-state index in [2.05, 4.69) is 6.58 Å². The zero-order valence-corrected chi connectivity index (χ0v) is 12.5. The van der Waals surface area contributed by atoms with E-state index in [9.17, 15) is 4.79 Å². The van der Waals surface area contributed by atoms with Crippen molar-refractivity contribution < 1.29 is 19.0 Å². The molecule has 4 heteroatoms. The number of methoxy groups -OCH3 is 2. The van der Waals surface area contributed by atoms with Gasteiger partial charge in [-0.1, -0.05) is 30.8 Å². The first-order valence-corrected chi connectivity index (χ1v) is 6.88. The third-order valence-electron chi connectivity index (χ3n) is 3.71. The van der Waals surface area contributed by atoms with Gasteiger partial charge in [0.05, 0.1) is 14.2 Å². The monoisotopic (exact) mass is 296 g/mol. The second kappa shape index (κ2) is 5.56. The highest BCUT2D eigenvalue weighted by atomic mass is 16.5. The van der Waals surface area contributed by atoms with Crippen LogP contribution in [0.15, 0.2) is 54.3 Å². The van der Waals surface area contributed by atoms with E-state index in [1.807, 2.05) is 30.3 Å². The van der Waals surface area contributed by atoms with E-state index in [1.165, 1.54) is 6.08 Å². The number of hydrogen-bond acceptors (Lipinski definition) is 4. The largest absolute Gasteiger partial charge is 0.496 e. The Bertz CT molecular complexity index is 802. The minimum absolute atomic E-state index is 0.383. The number of carbonyl (C=O) groups excluding carboxylic acids is 1. The lowest BCUT2D eigenvalue weighted by Crippen LogP contribution is -1.98. The third-order valence-corrected chi connectivity index (χ3v) is 3.71. The summed E-state index contributed by atoms with van der Waals surface area (Å²) < 4.78 is 16.0. The molecule has 0 radical (unpaired) electrons. The molecule has 2 aromatic rings. The van der Waals surface area contributed by atoms with Crippen molar-refractivity contribution in [1.29, 1.82) is 0 Å². The molecule has 0 aromatic heterocycles. The summed E-state index contributed by atoms with van der Waals surface area (Å²) in [6.07, 6.45) is 1.96. The Morgan fingerprint density at radius 2 is 1.86 bits per heavy atom. The Morgan fingerprint density at radius 3 is 2.45 bits per heavy atom. The van der Waals surface area contributed by atoms with Crippen LogP contribution in [0.5, 0.6) is 11.5 Å². The molecule has 1 aliphatic rings. The van der Waals surface area contributed by atoms with Gasteiger partial charge < -0.3 is 14.2 Å². The Balaban J connectivity index is 2.15. The van der Waals surface area contributed by atoms with Crippen LogP contribution in [-0.4, -0.2) is 20.2 Å². The first-order valence-electron chi connectivity index (χ1n) is 6.88. The predicted octanol–water partition coefficient (Wildman–Crippen LogP) is 3.40. The molecule has 2 aromatic carbocycles. The van der Waals surface area contributed by atoms with E-state index in [0.29, 0.717) is 12.2 Å². The van der Waals surface area contributed by atoms with Gasteiger partial charge in [-0.15, -0.1) is 0 Å². The van der Waals surface area contributed by atoms with Crippen molar-refractivity contribution in [2.45, 2.75) is 6.42 Å². The number of ether oxygens (including phenoxy) is 3. The predicted molar refractivity (Wildman–Crippen MR) is 84.1 cm³/mol. The number of rotatable bonds is 4. The van der Waals surface area contributed by atoms with Gasteiger partial charge in [-0.2, -0.15) is 0 Å². The first kappa shape index (κ1) is 14.2.